The highest BCUT2D eigenvalue weighted by Gasteiger charge is 2.39. The zero-order chi connectivity index (χ0) is 19.1. The van der Waals surface area contributed by atoms with Crippen LogP contribution >= 0.6 is 0 Å². The van der Waals surface area contributed by atoms with Crippen molar-refractivity contribution in [3.63, 3.8) is 0 Å². The predicted octanol–water partition coefficient (Wildman–Crippen LogP) is 5.01. The average Bonchev–Trinajstić information content (AvgIpc) is 2.49. The number of carbonyl (C=O) groups is 1. The van der Waals surface area contributed by atoms with Gasteiger partial charge in [-0.25, -0.2) is 0 Å². The number of para-hydroxylation sites is 1. The number of unbranched alkanes of at least 4 members (excludes halogenated alkanes) is 1. The molecular weight excluding hydrogens is 332 g/mol. The molecule has 1 aromatic rings. The van der Waals surface area contributed by atoms with E-state index in [4.69, 9.17) is 9.53 Å². The van der Waals surface area contributed by atoms with Crippen molar-refractivity contribution >= 4 is 14.3 Å². The maximum Gasteiger partial charge on any atom is 0.303 e. The lowest BCUT2D eigenvalue weighted by atomic mass is 10.0. The fourth-order valence-electron chi connectivity index (χ4n) is 2.36. The van der Waals surface area contributed by atoms with Crippen LogP contribution < -0.4 is 4.43 Å². The minimum atomic E-state index is -1.89. The quantitative estimate of drug-likeness (QED) is 0.451. The summed E-state index contributed by atoms with van der Waals surface area (Å²) in [4.78, 5) is 10.5. The Bertz CT molecular complexity index is 549. The first-order chi connectivity index (χ1) is 11.5. The van der Waals surface area contributed by atoms with Crippen LogP contribution in [-0.4, -0.2) is 30.6 Å². The molecule has 142 valence electrons. The minimum absolute atomic E-state index is 0.143. The Morgan fingerprint density at radius 3 is 2.40 bits per heavy atom. The van der Waals surface area contributed by atoms with Crippen molar-refractivity contribution < 1.29 is 19.4 Å². The van der Waals surface area contributed by atoms with Crippen molar-refractivity contribution in [1.82, 2.24) is 0 Å². The molecule has 0 heterocycles. The average molecular weight is 367 g/mol. The van der Waals surface area contributed by atoms with Gasteiger partial charge in [0.25, 0.3) is 0 Å². The highest BCUT2D eigenvalue weighted by molar-refractivity contribution is 6.74. The molecule has 0 saturated heterocycles. The Morgan fingerprint density at radius 2 is 1.80 bits per heavy atom. The van der Waals surface area contributed by atoms with E-state index in [0.717, 1.165) is 24.2 Å². The molecule has 5 heteroatoms. The van der Waals surface area contributed by atoms with Crippen LogP contribution in [0.3, 0.4) is 0 Å². The van der Waals surface area contributed by atoms with Crippen molar-refractivity contribution in [3.8, 4) is 5.75 Å². The molecule has 0 aromatic heterocycles. The molecule has 1 unspecified atom stereocenters. The van der Waals surface area contributed by atoms with Gasteiger partial charge in [-0.1, -0.05) is 45.4 Å². The second-order valence-corrected chi connectivity index (χ2v) is 13.0. The van der Waals surface area contributed by atoms with Gasteiger partial charge in [0, 0.05) is 6.42 Å². The number of aliphatic hydroxyl groups is 1. The molecule has 0 aliphatic rings. The lowest BCUT2D eigenvalue weighted by Gasteiger charge is -2.37. The molecule has 1 rings (SSSR count). The molecule has 0 aliphatic carbocycles. The van der Waals surface area contributed by atoms with Crippen molar-refractivity contribution in [2.24, 2.45) is 0 Å². The van der Waals surface area contributed by atoms with E-state index in [1.54, 1.807) is 0 Å². The van der Waals surface area contributed by atoms with Crippen LogP contribution in [0.5, 0.6) is 5.75 Å². The monoisotopic (exact) mass is 366 g/mol. The van der Waals surface area contributed by atoms with E-state index in [1.807, 2.05) is 18.2 Å². The maximum atomic E-state index is 10.5. The molecule has 1 aromatic carbocycles. The SMILES string of the molecule is CC(C)(C)[Si](C)(C)Oc1ccccc1CCC(O)CCCCC(=O)O. The van der Waals surface area contributed by atoms with Gasteiger partial charge in [0.05, 0.1) is 6.10 Å². The summed E-state index contributed by atoms with van der Waals surface area (Å²) in [6, 6.07) is 8.09. The first-order valence-corrected chi connectivity index (χ1v) is 12.1. The largest absolute Gasteiger partial charge is 0.543 e. The standard InChI is InChI=1S/C20H34O4Si/c1-20(2,3)25(4,5)24-18-12-8-6-10-16(18)14-15-17(21)11-7-9-13-19(22)23/h6,8,10,12,17,21H,7,9,11,13-15H2,1-5H3,(H,22,23). The summed E-state index contributed by atoms with van der Waals surface area (Å²) in [6.45, 7) is 11.1. The number of rotatable bonds is 10. The van der Waals surface area contributed by atoms with Crippen LogP contribution in [0.4, 0.5) is 0 Å². The molecule has 0 aliphatic heterocycles. The maximum absolute atomic E-state index is 10.5. The van der Waals surface area contributed by atoms with Crippen LogP contribution in [0.2, 0.25) is 18.1 Å². The zero-order valence-electron chi connectivity index (χ0n) is 16.3. The third kappa shape index (κ3) is 7.61. The van der Waals surface area contributed by atoms with E-state index in [2.05, 4.69) is 39.9 Å². The van der Waals surface area contributed by atoms with E-state index >= 15 is 0 Å². The summed E-state index contributed by atoms with van der Waals surface area (Å²) in [5.74, 6) is 0.165. The molecule has 4 nitrogen and oxygen atoms in total. The van der Waals surface area contributed by atoms with Gasteiger partial charge in [-0.15, -0.1) is 0 Å². The molecule has 0 amide bonds. The lowest BCUT2D eigenvalue weighted by molar-refractivity contribution is -0.137. The van der Waals surface area contributed by atoms with Gasteiger partial charge in [-0.2, -0.15) is 0 Å². The van der Waals surface area contributed by atoms with E-state index in [0.29, 0.717) is 19.3 Å². The van der Waals surface area contributed by atoms with Gasteiger partial charge >= 0.3 is 5.97 Å². The van der Waals surface area contributed by atoms with Crippen LogP contribution in [0, 0.1) is 0 Å². The number of carboxylic acids is 1. The normalized spacial score (nSPS) is 13.5. The van der Waals surface area contributed by atoms with E-state index in [1.165, 1.54) is 0 Å². The highest BCUT2D eigenvalue weighted by Crippen LogP contribution is 2.38. The van der Waals surface area contributed by atoms with Crippen molar-refractivity contribution in [2.75, 3.05) is 0 Å². The Kier molecular flexibility index (Phi) is 8.15. The summed E-state index contributed by atoms with van der Waals surface area (Å²) >= 11 is 0. The smallest absolute Gasteiger partial charge is 0.303 e. The predicted molar refractivity (Wildman–Crippen MR) is 105 cm³/mol. The third-order valence-corrected chi connectivity index (χ3v) is 9.41. The van der Waals surface area contributed by atoms with E-state index < -0.39 is 20.4 Å². The van der Waals surface area contributed by atoms with Crippen LogP contribution in [0.25, 0.3) is 0 Å². The summed E-state index contributed by atoms with van der Waals surface area (Å²) < 4.78 is 6.45. The molecule has 0 bridgehead atoms. The lowest BCUT2D eigenvalue weighted by Crippen LogP contribution is -2.44. The first-order valence-electron chi connectivity index (χ1n) is 9.20. The van der Waals surface area contributed by atoms with Gasteiger partial charge < -0.3 is 14.6 Å². The Morgan fingerprint density at radius 1 is 1.16 bits per heavy atom. The van der Waals surface area contributed by atoms with E-state index in [-0.39, 0.29) is 11.5 Å². The van der Waals surface area contributed by atoms with Gasteiger partial charge in [0.2, 0.25) is 8.32 Å². The summed E-state index contributed by atoms with van der Waals surface area (Å²) in [6.07, 6.45) is 3.24. The van der Waals surface area contributed by atoms with Crippen LogP contribution in [0.15, 0.2) is 24.3 Å². The van der Waals surface area contributed by atoms with Gasteiger partial charge in [-0.3, -0.25) is 4.79 Å². The molecule has 0 radical (unpaired) electrons. The van der Waals surface area contributed by atoms with Gasteiger partial charge in [0.15, 0.2) is 0 Å². The molecule has 25 heavy (non-hydrogen) atoms. The number of aliphatic hydroxyl groups excluding tert-OH is 1. The second-order valence-electron chi connectivity index (χ2n) is 8.30. The molecule has 1 atom stereocenters. The first kappa shape index (κ1) is 21.7. The van der Waals surface area contributed by atoms with Crippen LogP contribution in [0.1, 0.15) is 58.4 Å². The Labute approximate surface area is 153 Å². The number of hydrogen-bond donors (Lipinski definition) is 2. The van der Waals surface area contributed by atoms with Crippen molar-refractivity contribution in [1.29, 1.82) is 0 Å². The molecular formula is C20H34O4Si. The highest BCUT2D eigenvalue weighted by atomic mass is 28.4. The Hall–Kier alpha value is -1.33. The van der Waals surface area contributed by atoms with E-state index in [9.17, 15) is 9.90 Å². The fraction of sp³-hybridized carbons (Fsp3) is 0.650. The molecule has 2 N–H and O–H groups in total. The fourth-order valence-corrected chi connectivity index (χ4v) is 3.42. The summed E-state index contributed by atoms with van der Waals surface area (Å²) in [7, 11) is -1.89. The van der Waals surface area contributed by atoms with Crippen molar-refractivity contribution in [2.45, 2.75) is 83.5 Å². The topological polar surface area (TPSA) is 66.8 Å². The number of carboxylic acid groups (broad SMARTS) is 1. The van der Waals surface area contributed by atoms with Crippen LogP contribution in [-0.2, 0) is 11.2 Å². The van der Waals surface area contributed by atoms with Gasteiger partial charge in [0.1, 0.15) is 5.75 Å². The third-order valence-electron chi connectivity index (χ3n) is 5.07. The summed E-state index contributed by atoms with van der Waals surface area (Å²) in [5, 5.41) is 18.9. The summed E-state index contributed by atoms with van der Waals surface area (Å²) in [5.41, 5.74) is 1.14. The number of hydrogen-bond acceptors (Lipinski definition) is 3. The zero-order valence-corrected chi connectivity index (χ0v) is 17.3. The number of aryl methyl sites for hydroxylation is 1. The second kappa shape index (κ2) is 9.39. The van der Waals surface area contributed by atoms with Crippen molar-refractivity contribution in [3.05, 3.63) is 29.8 Å². The number of benzene rings is 1. The number of aliphatic carboxylic acids is 1. The van der Waals surface area contributed by atoms with Gasteiger partial charge in [-0.05, 0) is 55.4 Å². The molecule has 0 fully saturated rings. The minimum Gasteiger partial charge on any atom is -0.543 e. The molecule has 0 spiro atoms. The Balaban J connectivity index is 2.58. The molecule has 0 saturated carbocycles.